The number of amides is 2. The molecule has 2 saturated heterocycles. The van der Waals surface area contributed by atoms with Gasteiger partial charge in [-0.1, -0.05) is 48.5 Å². The van der Waals surface area contributed by atoms with Crippen LogP contribution < -0.4 is 10.1 Å². The molecule has 1 N–H and O–H groups in total. The topological polar surface area (TPSA) is 67.9 Å². The van der Waals surface area contributed by atoms with Crippen LogP contribution in [0.1, 0.15) is 50.2 Å². The molecule has 6 nitrogen and oxygen atoms in total. The number of piperidine rings is 2. The molecule has 0 bridgehead atoms. The van der Waals surface area contributed by atoms with Crippen molar-refractivity contribution in [2.45, 2.75) is 50.8 Å². The largest absolute Gasteiger partial charge is 0.494 e. The lowest BCUT2D eigenvalue weighted by atomic mass is 9.62. The van der Waals surface area contributed by atoms with Gasteiger partial charge in [-0.2, -0.15) is 13.2 Å². The van der Waals surface area contributed by atoms with Crippen LogP contribution in [0.25, 0.3) is 0 Å². The Bertz CT molecular complexity index is 1100. The molecule has 2 amide bonds. The molecule has 2 aliphatic rings. The van der Waals surface area contributed by atoms with Gasteiger partial charge in [-0.3, -0.25) is 9.59 Å². The van der Waals surface area contributed by atoms with Crippen LogP contribution in [0.3, 0.4) is 0 Å². The van der Waals surface area contributed by atoms with Gasteiger partial charge in [0.1, 0.15) is 5.75 Å². The zero-order valence-corrected chi connectivity index (χ0v) is 21.1. The first kappa shape index (κ1) is 27.0. The van der Waals surface area contributed by atoms with Crippen molar-refractivity contribution in [2.24, 2.45) is 5.41 Å². The molecule has 4 rings (SSSR count). The third kappa shape index (κ3) is 4.93. The number of hydrogen-bond acceptors (Lipinski definition) is 4. The monoisotopic (exact) mass is 518 g/mol. The number of nitrogens with one attached hydrogen (secondary N) is 1. The number of benzene rings is 2. The number of hydrogen-bond donors (Lipinski definition) is 1. The number of likely N-dealkylation sites (tertiary alicyclic amines) is 1. The molecular weight excluding hydrogens is 485 g/mol. The summed E-state index contributed by atoms with van der Waals surface area (Å²) < 4.78 is 55.0. The van der Waals surface area contributed by atoms with E-state index in [2.05, 4.69) is 5.32 Å². The van der Waals surface area contributed by atoms with E-state index < -0.39 is 23.1 Å². The van der Waals surface area contributed by atoms with E-state index in [1.807, 2.05) is 31.2 Å². The summed E-state index contributed by atoms with van der Waals surface area (Å²) in [4.78, 5) is 27.4. The second-order valence-corrected chi connectivity index (χ2v) is 9.64. The van der Waals surface area contributed by atoms with E-state index in [4.69, 9.17) is 9.47 Å². The summed E-state index contributed by atoms with van der Waals surface area (Å²) in [6.45, 7) is 4.15. The van der Waals surface area contributed by atoms with Gasteiger partial charge in [0, 0.05) is 44.1 Å². The van der Waals surface area contributed by atoms with E-state index >= 15 is 0 Å². The highest BCUT2D eigenvalue weighted by atomic mass is 19.4. The Hall–Kier alpha value is -3.07. The molecule has 2 atom stereocenters. The Morgan fingerprint density at radius 1 is 1.03 bits per heavy atom. The van der Waals surface area contributed by atoms with E-state index in [1.165, 1.54) is 36.1 Å². The van der Waals surface area contributed by atoms with E-state index in [0.29, 0.717) is 26.0 Å². The summed E-state index contributed by atoms with van der Waals surface area (Å²) in [7, 11) is 0. The fraction of sp³-hybridized carbons (Fsp3) is 0.500. The van der Waals surface area contributed by atoms with Gasteiger partial charge < -0.3 is 19.7 Å². The minimum atomic E-state index is -4.96. The molecule has 2 heterocycles. The molecule has 1 unspecified atom stereocenters. The van der Waals surface area contributed by atoms with Gasteiger partial charge in [0.25, 0.3) is 11.5 Å². The van der Waals surface area contributed by atoms with Crippen LogP contribution in [0.2, 0.25) is 0 Å². The molecule has 0 aliphatic carbocycles. The molecule has 2 aliphatic heterocycles. The van der Waals surface area contributed by atoms with Crippen molar-refractivity contribution >= 4 is 11.8 Å². The number of nitrogens with zero attached hydrogens (tertiary/aromatic N) is 1. The Labute approximate surface area is 215 Å². The fourth-order valence-corrected chi connectivity index (χ4v) is 5.86. The Balaban J connectivity index is 1.65. The predicted octanol–water partition coefficient (Wildman–Crippen LogP) is 4.79. The van der Waals surface area contributed by atoms with E-state index in [1.54, 1.807) is 6.07 Å². The standard InChI is InChI=1S/C28H33F3N2O4/c1-3-36-23-13-9-8-12-21(23)22-19-32-24(34)18-26(22)14-16-33(17-15-26)25(35)27(37-4-2,28(29,30)31)20-10-6-5-7-11-20/h5-13,22H,3-4,14-19H2,1-2H3,(H,32,34)/t22?,27-/m1/s1. The molecule has 2 aromatic rings. The molecule has 0 saturated carbocycles. The lowest BCUT2D eigenvalue weighted by Crippen LogP contribution is -2.60. The van der Waals surface area contributed by atoms with E-state index in [-0.39, 0.29) is 43.5 Å². The molecule has 1 spiro atoms. The minimum absolute atomic E-state index is 0.0846. The van der Waals surface area contributed by atoms with Crippen molar-refractivity contribution in [1.82, 2.24) is 10.2 Å². The van der Waals surface area contributed by atoms with Gasteiger partial charge in [-0.25, -0.2) is 0 Å². The third-order valence-electron chi connectivity index (χ3n) is 7.64. The molecule has 200 valence electrons. The van der Waals surface area contributed by atoms with Gasteiger partial charge in [0.05, 0.1) is 6.61 Å². The van der Waals surface area contributed by atoms with Crippen LogP contribution in [-0.2, 0) is 19.9 Å². The van der Waals surface area contributed by atoms with Crippen molar-refractivity contribution < 1.29 is 32.2 Å². The Kier molecular flexibility index (Phi) is 7.83. The first-order valence-electron chi connectivity index (χ1n) is 12.7. The Morgan fingerprint density at radius 3 is 2.30 bits per heavy atom. The van der Waals surface area contributed by atoms with Crippen molar-refractivity contribution in [3.63, 3.8) is 0 Å². The lowest BCUT2D eigenvalue weighted by molar-refractivity contribution is -0.277. The number of rotatable bonds is 7. The fourth-order valence-electron chi connectivity index (χ4n) is 5.86. The first-order chi connectivity index (χ1) is 17.7. The van der Waals surface area contributed by atoms with Crippen LogP contribution in [0, 0.1) is 5.41 Å². The summed E-state index contributed by atoms with van der Waals surface area (Å²) >= 11 is 0. The number of carbonyl (C=O) groups is 2. The van der Waals surface area contributed by atoms with E-state index in [9.17, 15) is 22.8 Å². The molecule has 2 fully saturated rings. The maximum Gasteiger partial charge on any atom is 0.430 e. The molecule has 0 aromatic heterocycles. The second kappa shape index (κ2) is 10.7. The average Bonchev–Trinajstić information content (AvgIpc) is 2.88. The zero-order chi connectivity index (χ0) is 26.7. The first-order valence-corrected chi connectivity index (χ1v) is 12.7. The highest BCUT2D eigenvalue weighted by molar-refractivity contribution is 5.88. The number of carbonyl (C=O) groups excluding carboxylic acids is 2. The normalized spacial score (nSPS) is 21.3. The van der Waals surface area contributed by atoms with Crippen LogP contribution in [0.5, 0.6) is 5.75 Å². The summed E-state index contributed by atoms with van der Waals surface area (Å²) in [6, 6.07) is 14.8. The molecular formula is C28H33F3N2O4. The quantitative estimate of drug-likeness (QED) is 0.572. The summed E-state index contributed by atoms with van der Waals surface area (Å²) in [5, 5.41) is 2.94. The van der Waals surface area contributed by atoms with E-state index in [0.717, 1.165) is 11.3 Å². The molecule has 0 radical (unpaired) electrons. The van der Waals surface area contributed by atoms with Gasteiger partial charge >= 0.3 is 6.18 Å². The number of alkyl halides is 3. The Morgan fingerprint density at radius 2 is 1.68 bits per heavy atom. The summed E-state index contributed by atoms with van der Waals surface area (Å²) in [6.07, 6.45) is -3.92. The molecule has 37 heavy (non-hydrogen) atoms. The van der Waals surface area contributed by atoms with Crippen LogP contribution in [0.4, 0.5) is 13.2 Å². The number of ether oxygens (including phenoxy) is 2. The van der Waals surface area contributed by atoms with Crippen LogP contribution in [-0.4, -0.2) is 55.7 Å². The van der Waals surface area contributed by atoms with Gasteiger partial charge in [-0.15, -0.1) is 0 Å². The summed E-state index contributed by atoms with van der Waals surface area (Å²) in [5.41, 5.74) is -2.85. The smallest absolute Gasteiger partial charge is 0.430 e. The second-order valence-electron chi connectivity index (χ2n) is 9.64. The molecule has 2 aromatic carbocycles. The lowest BCUT2D eigenvalue weighted by Gasteiger charge is -2.50. The van der Waals surface area contributed by atoms with Crippen molar-refractivity contribution in [3.8, 4) is 5.75 Å². The van der Waals surface area contributed by atoms with Gasteiger partial charge in [0.15, 0.2) is 0 Å². The van der Waals surface area contributed by atoms with Crippen molar-refractivity contribution in [2.75, 3.05) is 32.8 Å². The number of para-hydroxylation sites is 1. The SMILES string of the molecule is CCOc1ccccc1C1CNC(=O)CC12CCN(C(=O)[C@](OCC)(c1ccccc1)C(F)(F)F)CC2. The van der Waals surface area contributed by atoms with Crippen molar-refractivity contribution in [1.29, 1.82) is 0 Å². The predicted molar refractivity (Wildman–Crippen MR) is 132 cm³/mol. The van der Waals surface area contributed by atoms with Gasteiger partial charge in [-0.05, 0) is 43.7 Å². The third-order valence-corrected chi connectivity index (χ3v) is 7.64. The van der Waals surface area contributed by atoms with Crippen molar-refractivity contribution in [3.05, 3.63) is 65.7 Å². The van der Waals surface area contributed by atoms with Crippen LogP contribution in [0.15, 0.2) is 54.6 Å². The maximum atomic E-state index is 14.6. The number of halogens is 3. The zero-order valence-electron chi connectivity index (χ0n) is 21.1. The maximum absolute atomic E-state index is 14.6. The highest BCUT2D eigenvalue weighted by Crippen LogP contribution is 2.52. The van der Waals surface area contributed by atoms with Crippen LogP contribution >= 0.6 is 0 Å². The van der Waals surface area contributed by atoms with Gasteiger partial charge in [0.2, 0.25) is 5.91 Å². The molecule has 9 heteroatoms. The summed E-state index contributed by atoms with van der Waals surface area (Å²) in [5.74, 6) is -0.554. The average molecular weight is 519 g/mol. The highest BCUT2D eigenvalue weighted by Gasteiger charge is 2.64. The minimum Gasteiger partial charge on any atom is -0.494 e.